The van der Waals surface area contributed by atoms with Gasteiger partial charge in [-0.3, -0.25) is 0 Å². The first-order chi connectivity index (χ1) is 5.69. The maximum atomic E-state index is 12.8. The second-order valence-electron chi connectivity index (χ2n) is 2.26. The summed E-state index contributed by atoms with van der Waals surface area (Å²) in [5, 5.41) is -0.104. The van der Waals surface area contributed by atoms with Crippen LogP contribution in [0.5, 0.6) is 5.75 Å². The molecule has 0 amide bonds. The van der Waals surface area contributed by atoms with Crippen LogP contribution in [0.25, 0.3) is 0 Å². The third-order valence-electron chi connectivity index (χ3n) is 1.53. The molecule has 1 aromatic heterocycles. The van der Waals surface area contributed by atoms with Gasteiger partial charge in [-0.25, -0.2) is 9.37 Å². The van der Waals surface area contributed by atoms with Crippen molar-refractivity contribution >= 4 is 11.6 Å². The molecule has 0 atom stereocenters. The first-order valence-electron chi connectivity index (χ1n) is 3.58. The average Bonchev–Trinajstić information content (AvgIpc) is 2.09. The summed E-state index contributed by atoms with van der Waals surface area (Å²) in [7, 11) is 1.48. The van der Waals surface area contributed by atoms with Gasteiger partial charge in [0, 0.05) is 6.07 Å². The van der Waals surface area contributed by atoms with E-state index in [1.807, 2.05) is 6.92 Å². The van der Waals surface area contributed by atoms with Crippen molar-refractivity contribution in [3.8, 4) is 5.75 Å². The lowest BCUT2D eigenvalue weighted by Crippen LogP contribution is -1.96. The normalized spacial score (nSPS) is 10.0. The summed E-state index contributed by atoms with van der Waals surface area (Å²) in [6.45, 7) is 1.90. The van der Waals surface area contributed by atoms with Gasteiger partial charge in [-0.2, -0.15) is 0 Å². The number of ether oxygens (including phenoxy) is 1. The van der Waals surface area contributed by atoms with Gasteiger partial charge in [0.1, 0.15) is 5.75 Å². The molecule has 0 unspecified atom stereocenters. The number of hydrogen-bond donors (Lipinski definition) is 0. The van der Waals surface area contributed by atoms with E-state index in [0.717, 1.165) is 0 Å². The molecule has 0 radical (unpaired) electrons. The van der Waals surface area contributed by atoms with E-state index in [4.69, 9.17) is 16.3 Å². The zero-order valence-corrected chi connectivity index (χ0v) is 7.65. The summed E-state index contributed by atoms with van der Waals surface area (Å²) in [5.41, 5.74) is 0.670. The second-order valence-corrected chi connectivity index (χ2v) is 2.62. The van der Waals surface area contributed by atoms with E-state index >= 15 is 0 Å². The van der Waals surface area contributed by atoms with Crippen LogP contribution in [-0.2, 0) is 6.42 Å². The molecule has 0 saturated heterocycles. The van der Waals surface area contributed by atoms with E-state index in [0.29, 0.717) is 17.9 Å². The van der Waals surface area contributed by atoms with Gasteiger partial charge in [0.2, 0.25) is 0 Å². The monoisotopic (exact) mass is 189 g/mol. The summed E-state index contributed by atoms with van der Waals surface area (Å²) in [6.07, 6.45) is 0.670. The molecule has 1 rings (SSSR count). The Labute approximate surface area is 75.3 Å². The van der Waals surface area contributed by atoms with Gasteiger partial charge in [-0.15, -0.1) is 0 Å². The van der Waals surface area contributed by atoms with Crippen LogP contribution < -0.4 is 4.74 Å². The number of hydrogen-bond acceptors (Lipinski definition) is 2. The third kappa shape index (κ3) is 1.67. The summed E-state index contributed by atoms with van der Waals surface area (Å²) in [4.78, 5) is 3.83. The van der Waals surface area contributed by atoms with Crippen LogP contribution in [0.3, 0.4) is 0 Å². The third-order valence-corrected chi connectivity index (χ3v) is 1.79. The van der Waals surface area contributed by atoms with Gasteiger partial charge in [0.15, 0.2) is 11.0 Å². The Kier molecular flexibility index (Phi) is 2.87. The first-order valence-corrected chi connectivity index (χ1v) is 3.95. The molecule has 2 nitrogen and oxygen atoms in total. The minimum Gasteiger partial charge on any atom is -0.495 e. The topological polar surface area (TPSA) is 22.1 Å². The maximum Gasteiger partial charge on any atom is 0.165 e. The van der Waals surface area contributed by atoms with E-state index in [-0.39, 0.29) is 5.15 Å². The highest BCUT2D eigenvalue weighted by molar-refractivity contribution is 6.29. The Morgan fingerprint density at radius 1 is 1.67 bits per heavy atom. The molecule has 0 aliphatic carbocycles. The zero-order valence-electron chi connectivity index (χ0n) is 6.90. The van der Waals surface area contributed by atoms with Crippen LogP contribution in [0.15, 0.2) is 6.07 Å². The fourth-order valence-electron chi connectivity index (χ4n) is 0.915. The first kappa shape index (κ1) is 9.26. The summed E-state index contributed by atoms with van der Waals surface area (Å²) in [5.74, 6) is -0.106. The van der Waals surface area contributed by atoms with Crippen molar-refractivity contribution in [2.75, 3.05) is 7.11 Å². The smallest absolute Gasteiger partial charge is 0.165 e. The van der Waals surface area contributed by atoms with Crippen molar-refractivity contribution in [1.82, 2.24) is 4.98 Å². The molecule has 0 saturated carbocycles. The van der Waals surface area contributed by atoms with E-state index in [1.165, 1.54) is 13.2 Å². The standard InChI is InChI=1S/C8H9ClFNO/c1-3-6-7(12-2)4-5(10)8(9)11-6/h4H,3H2,1-2H3. The number of rotatable bonds is 2. The number of aromatic nitrogens is 1. The molecular weight excluding hydrogens is 181 g/mol. The number of halogens is 2. The molecular formula is C8H9ClFNO. The number of nitrogens with zero attached hydrogens (tertiary/aromatic N) is 1. The van der Waals surface area contributed by atoms with Crippen molar-refractivity contribution in [3.63, 3.8) is 0 Å². The fourth-order valence-corrected chi connectivity index (χ4v) is 1.07. The molecule has 1 heterocycles. The van der Waals surface area contributed by atoms with Crippen molar-refractivity contribution in [2.24, 2.45) is 0 Å². The van der Waals surface area contributed by atoms with E-state index in [9.17, 15) is 4.39 Å². The molecule has 1 aromatic rings. The van der Waals surface area contributed by atoms with Gasteiger partial charge < -0.3 is 4.74 Å². The Hall–Kier alpha value is -0.830. The van der Waals surface area contributed by atoms with Crippen LogP contribution in [0.1, 0.15) is 12.6 Å². The molecule has 0 aliphatic rings. The summed E-state index contributed by atoms with van der Waals surface area (Å²) in [6, 6.07) is 1.24. The van der Waals surface area contributed by atoms with Crippen LogP contribution in [0.4, 0.5) is 4.39 Å². The molecule has 0 aromatic carbocycles. The van der Waals surface area contributed by atoms with E-state index in [1.54, 1.807) is 0 Å². The lowest BCUT2D eigenvalue weighted by Gasteiger charge is -2.05. The Bertz CT molecular complexity index is 262. The zero-order chi connectivity index (χ0) is 9.14. The highest BCUT2D eigenvalue weighted by Crippen LogP contribution is 2.22. The minimum absolute atomic E-state index is 0.104. The van der Waals surface area contributed by atoms with Gasteiger partial charge in [-0.05, 0) is 6.42 Å². The maximum absolute atomic E-state index is 12.8. The SMILES string of the molecule is CCc1nc(Cl)c(F)cc1OC. The lowest BCUT2D eigenvalue weighted by molar-refractivity contribution is 0.403. The summed E-state index contributed by atoms with van der Waals surface area (Å²) >= 11 is 5.48. The fraction of sp³-hybridized carbons (Fsp3) is 0.375. The van der Waals surface area contributed by atoms with Crippen molar-refractivity contribution in [3.05, 3.63) is 22.7 Å². The largest absolute Gasteiger partial charge is 0.495 e. The Balaban J connectivity index is 3.19. The van der Waals surface area contributed by atoms with Gasteiger partial charge in [0.25, 0.3) is 0 Å². The number of methoxy groups -OCH3 is 1. The molecule has 0 spiro atoms. The van der Waals surface area contributed by atoms with Gasteiger partial charge in [-0.1, -0.05) is 18.5 Å². The van der Waals surface area contributed by atoms with Crippen LogP contribution in [-0.4, -0.2) is 12.1 Å². The molecule has 0 bridgehead atoms. The molecule has 0 N–H and O–H groups in total. The summed E-state index contributed by atoms with van der Waals surface area (Å²) < 4.78 is 17.7. The molecule has 12 heavy (non-hydrogen) atoms. The lowest BCUT2D eigenvalue weighted by atomic mass is 10.2. The van der Waals surface area contributed by atoms with Crippen molar-refractivity contribution in [2.45, 2.75) is 13.3 Å². The van der Waals surface area contributed by atoms with Crippen LogP contribution in [0.2, 0.25) is 5.15 Å². The number of aryl methyl sites for hydroxylation is 1. The number of pyridine rings is 1. The Morgan fingerprint density at radius 3 is 2.83 bits per heavy atom. The quantitative estimate of drug-likeness (QED) is 0.667. The Morgan fingerprint density at radius 2 is 2.33 bits per heavy atom. The van der Waals surface area contributed by atoms with Gasteiger partial charge >= 0.3 is 0 Å². The van der Waals surface area contributed by atoms with Crippen molar-refractivity contribution < 1.29 is 9.13 Å². The minimum atomic E-state index is -0.550. The highest BCUT2D eigenvalue weighted by atomic mass is 35.5. The van der Waals surface area contributed by atoms with E-state index < -0.39 is 5.82 Å². The van der Waals surface area contributed by atoms with E-state index in [2.05, 4.69) is 4.98 Å². The van der Waals surface area contributed by atoms with Crippen LogP contribution in [0, 0.1) is 5.82 Å². The molecule has 0 aliphatic heterocycles. The second kappa shape index (κ2) is 3.72. The molecule has 4 heteroatoms. The molecule has 0 fully saturated rings. The highest BCUT2D eigenvalue weighted by Gasteiger charge is 2.08. The average molecular weight is 190 g/mol. The predicted octanol–water partition coefficient (Wildman–Crippen LogP) is 2.45. The van der Waals surface area contributed by atoms with Crippen LogP contribution >= 0.6 is 11.6 Å². The van der Waals surface area contributed by atoms with Crippen molar-refractivity contribution in [1.29, 1.82) is 0 Å². The molecule has 66 valence electrons. The predicted molar refractivity (Wildman–Crippen MR) is 45.1 cm³/mol. The van der Waals surface area contributed by atoms with Gasteiger partial charge in [0.05, 0.1) is 12.8 Å².